The quantitative estimate of drug-likeness (QED) is 0.714. The van der Waals surface area contributed by atoms with Gasteiger partial charge >= 0.3 is 0 Å². The van der Waals surface area contributed by atoms with Crippen molar-refractivity contribution in [1.82, 2.24) is 15.1 Å². The molecule has 1 aromatic carbocycles. The number of pyridine rings is 1. The molecule has 1 saturated heterocycles. The van der Waals surface area contributed by atoms with Gasteiger partial charge in [0.2, 0.25) is 5.82 Å². The van der Waals surface area contributed by atoms with E-state index in [1.165, 1.54) is 0 Å². The highest BCUT2D eigenvalue weighted by Crippen LogP contribution is 2.26. The molecule has 0 aliphatic carbocycles. The monoisotopic (exact) mass is 350 g/mol. The molecule has 26 heavy (non-hydrogen) atoms. The fourth-order valence-electron chi connectivity index (χ4n) is 3.31. The topological polar surface area (TPSA) is 64.3 Å². The summed E-state index contributed by atoms with van der Waals surface area (Å²) in [7, 11) is 1.77. The van der Waals surface area contributed by atoms with Gasteiger partial charge in [-0.05, 0) is 37.5 Å². The number of ether oxygens (including phenoxy) is 1. The summed E-state index contributed by atoms with van der Waals surface area (Å²) in [6, 6.07) is 12.0. The SMILES string of the molecule is COC1CCCN(c2ccc(-c3nc(-c4ccccc4C)no3)cn2)C1. The molecule has 0 amide bonds. The molecule has 1 atom stereocenters. The number of nitrogens with zero attached hydrogens (tertiary/aromatic N) is 4. The fraction of sp³-hybridized carbons (Fsp3) is 0.350. The lowest BCUT2D eigenvalue weighted by Crippen LogP contribution is -2.39. The molecule has 1 aliphatic rings. The van der Waals surface area contributed by atoms with E-state index in [1.54, 1.807) is 13.3 Å². The first-order valence-electron chi connectivity index (χ1n) is 8.88. The highest BCUT2D eigenvalue weighted by atomic mass is 16.5. The van der Waals surface area contributed by atoms with Crippen LogP contribution < -0.4 is 4.90 Å². The third-order valence-electron chi connectivity index (χ3n) is 4.84. The smallest absolute Gasteiger partial charge is 0.259 e. The zero-order valence-corrected chi connectivity index (χ0v) is 15.1. The third kappa shape index (κ3) is 3.32. The van der Waals surface area contributed by atoms with E-state index >= 15 is 0 Å². The Morgan fingerprint density at radius 1 is 1.19 bits per heavy atom. The molecular formula is C20H22N4O2. The zero-order valence-electron chi connectivity index (χ0n) is 15.1. The van der Waals surface area contributed by atoms with Crippen LogP contribution in [0.25, 0.3) is 22.8 Å². The van der Waals surface area contributed by atoms with Crippen molar-refractivity contribution < 1.29 is 9.26 Å². The van der Waals surface area contributed by atoms with Gasteiger partial charge in [0.1, 0.15) is 5.82 Å². The van der Waals surface area contributed by atoms with E-state index < -0.39 is 0 Å². The minimum absolute atomic E-state index is 0.276. The number of anilines is 1. The molecule has 1 unspecified atom stereocenters. The summed E-state index contributed by atoms with van der Waals surface area (Å²) in [6.07, 6.45) is 4.29. The van der Waals surface area contributed by atoms with Crippen LogP contribution in [0.5, 0.6) is 0 Å². The molecule has 0 spiro atoms. The number of hydrogen-bond donors (Lipinski definition) is 0. The Hall–Kier alpha value is -2.73. The Balaban J connectivity index is 1.53. The largest absolute Gasteiger partial charge is 0.380 e. The van der Waals surface area contributed by atoms with Crippen molar-refractivity contribution in [3.63, 3.8) is 0 Å². The molecule has 6 nitrogen and oxygen atoms in total. The van der Waals surface area contributed by atoms with Gasteiger partial charge in [0.05, 0.1) is 11.7 Å². The lowest BCUT2D eigenvalue weighted by atomic mass is 10.1. The first kappa shape index (κ1) is 16.7. The van der Waals surface area contributed by atoms with Crippen molar-refractivity contribution in [2.45, 2.75) is 25.9 Å². The van der Waals surface area contributed by atoms with Gasteiger partial charge in [0, 0.05) is 32.0 Å². The van der Waals surface area contributed by atoms with E-state index in [4.69, 9.17) is 9.26 Å². The molecule has 0 N–H and O–H groups in total. The predicted octanol–water partition coefficient (Wildman–Crippen LogP) is 3.72. The zero-order chi connectivity index (χ0) is 17.9. The van der Waals surface area contributed by atoms with Crippen molar-refractivity contribution in [3.05, 3.63) is 48.2 Å². The van der Waals surface area contributed by atoms with Gasteiger partial charge in [-0.15, -0.1) is 0 Å². The van der Waals surface area contributed by atoms with Crippen molar-refractivity contribution in [2.24, 2.45) is 0 Å². The van der Waals surface area contributed by atoms with Crippen molar-refractivity contribution in [3.8, 4) is 22.8 Å². The highest BCUT2D eigenvalue weighted by molar-refractivity contribution is 5.62. The summed E-state index contributed by atoms with van der Waals surface area (Å²) in [5, 5.41) is 4.12. The summed E-state index contributed by atoms with van der Waals surface area (Å²) in [4.78, 5) is 11.4. The molecule has 3 heterocycles. The second kappa shape index (κ2) is 7.25. The number of hydrogen-bond acceptors (Lipinski definition) is 6. The Labute approximate surface area is 152 Å². The maximum Gasteiger partial charge on any atom is 0.259 e. The van der Waals surface area contributed by atoms with Crippen LogP contribution in [0.15, 0.2) is 47.1 Å². The number of aryl methyl sites for hydroxylation is 1. The standard InChI is InChI=1S/C20H22N4O2/c1-14-6-3-4-8-17(14)19-22-20(26-23-19)15-9-10-18(21-12-15)24-11-5-7-16(13-24)25-2/h3-4,6,8-10,12,16H,5,7,11,13H2,1-2H3. The van der Waals surface area contributed by atoms with Gasteiger partial charge in [0.15, 0.2) is 0 Å². The minimum atomic E-state index is 0.276. The second-order valence-electron chi connectivity index (χ2n) is 6.59. The molecule has 3 aromatic rings. The van der Waals surface area contributed by atoms with Crippen molar-refractivity contribution in [1.29, 1.82) is 0 Å². The van der Waals surface area contributed by atoms with E-state index in [-0.39, 0.29) is 6.10 Å². The maximum absolute atomic E-state index is 5.49. The molecule has 4 rings (SSSR count). The van der Waals surface area contributed by atoms with Crippen LogP contribution in [0, 0.1) is 6.92 Å². The van der Waals surface area contributed by atoms with Crippen LogP contribution in [-0.4, -0.2) is 41.4 Å². The summed E-state index contributed by atoms with van der Waals surface area (Å²) in [5.41, 5.74) is 2.92. The second-order valence-corrected chi connectivity index (χ2v) is 6.59. The summed E-state index contributed by atoms with van der Waals surface area (Å²) < 4.78 is 10.9. The van der Waals surface area contributed by atoms with Crippen molar-refractivity contribution in [2.75, 3.05) is 25.1 Å². The van der Waals surface area contributed by atoms with E-state index in [1.807, 2.05) is 43.3 Å². The molecule has 6 heteroatoms. The molecule has 0 saturated carbocycles. The average molecular weight is 350 g/mol. The van der Waals surface area contributed by atoms with E-state index in [2.05, 4.69) is 20.0 Å². The Kier molecular flexibility index (Phi) is 4.67. The lowest BCUT2D eigenvalue weighted by molar-refractivity contribution is 0.0891. The normalized spacial score (nSPS) is 17.5. The van der Waals surface area contributed by atoms with Crippen LogP contribution in [0.3, 0.4) is 0 Å². The summed E-state index contributed by atoms with van der Waals surface area (Å²) in [6.45, 7) is 3.92. The van der Waals surface area contributed by atoms with Crippen molar-refractivity contribution >= 4 is 5.82 Å². The van der Waals surface area contributed by atoms with Crippen LogP contribution in [0.4, 0.5) is 5.82 Å². The number of piperidine rings is 1. The van der Waals surface area contributed by atoms with Crippen LogP contribution in [-0.2, 0) is 4.74 Å². The first-order chi connectivity index (χ1) is 12.7. The van der Waals surface area contributed by atoms with E-state index in [9.17, 15) is 0 Å². The van der Waals surface area contributed by atoms with Crippen LogP contribution in [0.1, 0.15) is 18.4 Å². The van der Waals surface area contributed by atoms with Gasteiger partial charge in [-0.2, -0.15) is 4.98 Å². The molecule has 1 fully saturated rings. The predicted molar refractivity (Wildman–Crippen MR) is 99.9 cm³/mol. The number of rotatable bonds is 4. The van der Waals surface area contributed by atoms with E-state index in [0.717, 1.165) is 48.4 Å². The van der Waals surface area contributed by atoms with E-state index in [0.29, 0.717) is 11.7 Å². The average Bonchev–Trinajstić information content (AvgIpc) is 3.18. The van der Waals surface area contributed by atoms with Gasteiger partial charge < -0.3 is 14.2 Å². The number of methoxy groups -OCH3 is 1. The Morgan fingerprint density at radius 3 is 2.85 bits per heavy atom. The molecule has 0 bridgehead atoms. The number of aromatic nitrogens is 3. The molecule has 2 aromatic heterocycles. The Bertz CT molecular complexity index is 876. The Morgan fingerprint density at radius 2 is 2.08 bits per heavy atom. The molecule has 134 valence electrons. The van der Waals surface area contributed by atoms with Gasteiger partial charge in [0.25, 0.3) is 5.89 Å². The first-order valence-corrected chi connectivity index (χ1v) is 8.88. The molecule has 0 radical (unpaired) electrons. The van der Waals surface area contributed by atoms with Crippen LogP contribution >= 0.6 is 0 Å². The summed E-state index contributed by atoms with van der Waals surface area (Å²) in [5.74, 6) is 2.03. The maximum atomic E-state index is 5.49. The minimum Gasteiger partial charge on any atom is -0.380 e. The number of benzene rings is 1. The lowest BCUT2D eigenvalue weighted by Gasteiger charge is -2.32. The molecular weight excluding hydrogens is 328 g/mol. The fourth-order valence-corrected chi connectivity index (χ4v) is 3.31. The van der Waals surface area contributed by atoms with Gasteiger partial charge in [-0.1, -0.05) is 29.4 Å². The van der Waals surface area contributed by atoms with Gasteiger partial charge in [-0.25, -0.2) is 4.98 Å². The van der Waals surface area contributed by atoms with Gasteiger partial charge in [-0.3, -0.25) is 0 Å². The van der Waals surface area contributed by atoms with Crippen LogP contribution in [0.2, 0.25) is 0 Å². The molecule has 1 aliphatic heterocycles. The summed E-state index contributed by atoms with van der Waals surface area (Å²) >= 11 is 0. The third-order valence-corrected chi connectivity index (χ3v) is 4.84. The highest BCUT2D eigenvalue weighted by Gasteiger charge is 2.20.